The summed E-state index contributed by atoms with van der Waals surface area (Å²) in [7, 11) is 0. The van der Waals surface area contributed by atoms with Crippen LogP contribution in [-0.2, 0) is 4.79 Å². The highest BCUT2D eigenvalue weighted by molar-refractivity contribution is 5.79. The van der Waals surface area contributed by atoms with Crippen molar-refractivity contribution in [3.05, 3.63) is 0 Å². The minimum atomic E-state index is -0.337. The number of aliphatic hydroxyl groups excluding tert-OH is 1. The summed E-state index contributed by atoms with van der Waals surface area (Å²) in [5, 5.41) is 12.0. The number of nitrogens with one attached hydrogen (secondary N) is 1. The van der Waals surface area contributed by atoms with Crippen molar-refractivity contribution < 1.29 is 9.90 Å². The Morgan fingerprint density at radius 1 is 1.54 bits per heavy atom. The van der Waals surface area contributed by atoms with E-state index in [-0.39, 0.29) is 18.6 Å². The first-order valence-electron chi connectivity index (χ1n) is 4.60. The molecule has 1 atom stereocenters. The van der Waals surface area contributed by atoms with E-state index in [1.165, 1.54) is 0 Å². The second-order valence-corrected chi connectivity index (χ2v) is 3.22. The van der Waals surface area contributed by atoms with Crippen molar-refractivity contribution >= 4 is 5.91 Å². The molecule has 0 radical (unpaired) electrons. The Labute approximate surface area is 77.9 Å². The number of hydrogen-bond acceptors (Lipinski definition) is 4. The Hall–Kier alpha value is -0.650. The highest BCUT2D eigenvalue weighted by atomic mass is 16.3. The fraction of sp³-hybridized carbons (Fsp3) is 0.875. The van der Waals surface area contributed by atoms with Crippen molar-refractivity contribution in [2.45, 2.75) is 12.5 Å². The van der Waals surface area contributed by atoms with Crippen LogP contribution in [0.1, 0.15) is 6.42 Å². The lowest BCUT2D eigenvalue weighted by Crippen LogP contribution is -2.53. The summed E-state index contributed by atoms with van der Waals surface area (Å²) in [5.41, 5.74) is 5.24. The number of nitrogens with zero attached hydrogens (tertiary/aromatic N) is 1. The van der Waals surface area contributed by atoms with Gasteiger partial charge < -0.3 is 16.2 Å². The third-order valence-corrected chi connectivity index (χ3v) is 2.32. The monoisotopic (exact) mass is 187 g/mol. The van der Waals surface area contributed by atoms with Crippen molar-refractivity contribution in [2.24, 2.45) is 5.73 Å². The largest absolute Gasteiger partial charge is 0.396 e. The number of carbonyl (C=O) groups excluding carboxylic acids is 1. The molecule has 1 fully saturated rings. The number of carbonyl (C=O) groups is 1. The summed E-state index contributed by atoms with van der Waals surface area (Å²) in [6, 6.07) is -0.299. The molecule has 5 nitrogen and oxygen atoms in total. The molecule has 0 aromatic rings. The maximum absolute atomic E-state index is 11.0. The molecular formula is C8H17N3O2. The van der Waals surface area contributed by atoms with Gasteiger partial charge in [-0.25, -0.2) is 0 Å². The van der Waals surface area contributed by atoms with Crippen LogP contribution in [0.15, 0.2) is 0 Å². The lowest BCUT2D eigenvalue weighted by molar-refractivity contribution is -0.124. The van der Waals surface area contributed by atoms with Crippen molar-refractivity contribution in [1.29, 1.82) is 0 Å². The van der Waals surface area contributed by atoms with E-state index in [0.29, 0.717) is 6.42 Å². The quantitative estimate of drug-likeness (QED) is 0.482. The van der Waals surface area contributed by atoms with Crippen molar-refractivity contribution in [1.82, 2.24) is 10.2 Å². The van der Waals surface area contributed by atoms with Crippen LogP contribution in [0.25, 0.3) is 0 Å². The molecule has 1 amide bonds. The number of rotatable bonds is 4. The van der Waals surface area contributed by atoms with Gasteiger partial charge in [0.2, 0.25) is 5.91 Å². The number of amides is 1. The fourth-order valence-electron chi connectivity index (χ4n) is 1.62. The molecule has 1 aliphatic heterocycles. The Bertz CT molecular complexity index is 169. The van der Waals surface area contributed by atoms with Gasteiger partial charge in [-0.05, 0) is 6.42 Å². The highest BCUT2D eigenvalue weighted by Crippen LogP contribution is 2.04. The number of primary amides is 1. The van der Waals surface area contributed by atoms with Gasteiger partial charge in [-0.1, -0.05) is 0 Å². The maximum Gasteiger partial charge on any atom is 0.234 e. The molecule has 1 aliphatic rings. The maximum atomic E-state index is 11.0. The van der Waals surface area contributed by atoms with Crippen LogP contribution in [0.3, 0.4) is 0 Å². The molecule has 0 bridgehead atoms. The van der Waals surface area contributed by atoms with Crippen LogP contribution in [0, 0.1) is 0 Å². The van der Waals surface area contributed by atoms with Gasteiger partial charge in [0, 0.05) is 32.8 Å². The zero-order chi connectivity index (χ0) is 9.68. The average molecular weight is 187 g/mol. The second-order valence-electron chi connectivity index (χ2n) is 3.22. The standard InChI is InChI=1S/C8H17N3O2/c9-8(13)7(1-6-12)11-4-2-10-3-5-11/h7,10,12H,1-6H2,(H2,9,13). The van der Waals surface area contributed by atoms with Gasteiger partial charge in [-0.2, -0.15) is 0 Å². The molecule has 4 N–H and O–H groups in total. The normalized spacial score (nSPS) is 21.3. The first-order valence-corrected chi connectivity index (χ1v) is 4.60. The first kappa shape index (κ1) is 10.4. The van der Waals surface area contributed by atoms with E-state index in [9.17, 15) is 4.79 Å². The predicted octanol–water partition coefficient (Wildman–Crippen LogP) is -1.87. The minimum Gasteiger partial charge on any atom is -0.396 e. The SMILES string of the molecule is NC(=O)C(CCO)N1CCNCC1. The number of hydrogen-bond donors (Lipinski definition) is 3. The topological polar surface area (TPSA) is 78.6 Å². The summed E-state index contributed by atoms with van der Waals surface area (Å²) in [4.78, 5) is 13.1. The summed E-state index contributed by atoms with van der Waals surface area (Å²) < 4.78 is 0. The molecule has 1 unspecified atom stereocenters. The smallest absolute Gasteiger partial charge is 0.234 e. The van der Waals surface area contributed by atoms with Crippen LogP contribution in [0.2, 0.25) is 0 Å². The predicted molar refractivity (Wildman–Crippen MR) is 49.1 cm³/mol. The van der Waals surface area contributed by atoms with Crippen LogP contribution in [0.4, 0.5) is 0 Å². The van der Waals surface area contributed by atoms with Gasteiger partial charge in [0.05, 0.1) is 6.04 Å². The average Bonchev–Trinajstić information content (AvgIpc) is 2.15. The van der Waals surface area contributed by atoms with Gasteiger partial charge >= 0.3 is 0 Å². The van der Waals surface area contributed by atoms with Gasteiger partial charge in [-0.15, -0.1) is 0 Å². The third-order valence-electron chi connectivity index (χ3n) is 2.32. The summed E-state index contributed by atoms with van der Waals surface area (Å²) in [6.07, 6.45) is 0.440. The molecule has 0 aromatic carbocycles. The molecule has 13 heavy (non-hydrogen) atoms. The van der Waals surface area contributed by atoms with Crippen molar-refractivity contribution in [3.63, 3.8) is 0 Å². The van der Waals surface area contributed by atoms with Crippen LogP contribution >= 0.6 is 0 Å². The van der Waals surface area contributed by atoms with Crippen molar-refractivity contribution in [3.8, 4) is 0 Å². The second kappa shape index (κ2) is 5.16. The molecule has 0 aromatic heterocycles. The minimum absolute atomic E-state index is 0.0114. The lowest BCUT2D eigenvalue weighted by atomic mass is 10.1. The Balaban J connectivity index is 2.46. The van der Waals surface area contributed by atoms with Gasteiger partial charge in [-0.3, -0.25) is 9.69 Å². The Kier molecular flexibility index (Phi) is 4.14. The molecule has 1 rings (SSSR count). The molecular weight excluding hydrogens is 170 g/mol. The first-order chi connectivity index (χ1) is 6.25. The van der Waals surface area contributed by atoms with E-state index in [4.69, 9.17) is 10.8 Å². The molecule has 0 aliphatic carbocycles. The molecule has 1 heterocycles. The summed E-state index contributed by atoms with van der Waals surface area (Å²) in [5.74, 6) is -0.337. The highest BCUT2D eigenvalue weighted by Gasteiger charge is 2.24. The number of aliphatic hydroxyl groups is 1. The van der Waals surface area contributed by atoms with Crippen LogP contribution in [0.5, 0.6) is 0 Å². The zero-order valence-electron chi connectivity index (χ0n) is 7.70. The molecule has 76 valence electrons. The van der Waals surface area contributed by atoms with Crippen LogP contribution in [-0.4, -0.2) is 54.7 Å². The molecule has 0 spiro atoms. The third kappa shape index (κ3) is 2.95. The lowest BCUT2D eigenvalue weighted by Gasteiger charge is -2.32. The van der Waals surface area contributed by atoms with Crippen molar-refractivity contribution in [2.75, 3.05) is 32.8 Å². The number of nitrogens with two attached hydrogens (primary N) is 1. The Morgan fingerprint density at radius 3 is 2.62 bits per heavy atom. The molecule has 0 saturated carbocycles. The van der Waals surface area contributed by atoms with Gasteiger partial charge in [0.25, 0.3) is 0 Å². The number of piperazine rings is 1. The van der Waals surface area contributed by atoms with Crippen LogP contribution < -0.4 is 11.1 Å². The van der Waals surface area contributed by atoms with E-state index < -0.39 is 0 Å². The van der Waals surface area contributed by atoms with E-state index >= 15 is 0 Å². The zero-order valence-corrected chi connectivity index (χ0v) is 7.70. The summed E-state index contributed by atoms with van der Waals surface area (Å²) >= 11 is 0. The van der Waals surface area contributed by atoms with E-state index in [1.807, 2.05) is 4.90 Å². The van der Waals surface area contributed by atoms with Gasteiger partial charge in [0.1, 0.15) is 0 Å². The molecule has 5 heteroatoms. The van der Waals surface area contributed by atoms with E-state index in [2.05, 4.69) is 5.32 Å². The van der Waals surface area contributed by atoms with E-state index in [1.54, 1.807) is 0 Å². The Morgan fingerprint density at radius 2 is 2.15 bits per heavy atom. The summed E-state index contributed by atoms with van der Waals surface area (Å²) in [6.45, 7) is 3.43. The van der Waals surface area contributed by atoms with E-state index in [0.717, 1.165) is 26.2 Å². The molecule has 1 saturated heterocycles. The fourth-order valence-corrected chi connectivity index (χ4v) is 1.62. The van der Waals surface area contributed by atoms with Gasteiger partial charge in [0.15, 0.2) is 0 Å².